The summed E-state index contributed by atoms with van der Waals surface area (Å²) in [6, 6.07) is 17.1. The van der Waals surface area contributed by atoms with Crippen LogP contribution in [0.1, 0.15) is 49.1 Å². The van der Waals surface area contributed by atoms with E-state index in [-0.39, 0.29) is 16.6 Å². The summed E-state index contributed by atoms with van der Waals surface area (Å²) in [7, 11) is -3.70. The fourth-order valence-corrected chi connectivity index (χ4v) is 6.50. The van der Waals surface area contributed by atoms with Crippen LogP contribution < -0.4 is 0 Å². The third-order valence-electron chi connectivity index (χ3n) is 6.14. The number of Topliss-reactive ketones (excluding diaryl/α,β-unsaturated/α-hetero) is 1. The van der Waals surface area contributed by atoms with E-state index >= 15 is 0 Å². The highest BCUT2D eigenvalue weighted by atomic mass is 32.2. The largest absolute Gasteiger partial charge is 0.298 e. The van der Waals surface area contributed by atoms with Gasteiger partial charge in [-0.15, -0.1) is 0 Å². The summed E-state index contributed by atoms with van der Waals surface area (Å²) in [5.74, 6) is 0.302. The smallest absolute Gasteiger partial charge is 0.243 e. The molecule has 0 bridgehead atoms. The zero-order valence-electron chi connectivity index (χ0n) is 15.6. The number of piperidine rings is 1. The van der Waals surface area contributed by atoms with Crippen LogP contribution in [0.25, 0.3) is 0 Å². The van der Waals surface area contributed by atoms with Crippen LogP contribution in [-0.4, -0.2) is 30.6 Å². The second kappa shape index (κ2) is 6.88. The fraction of sp³-hybridized carbons (Fsp3) is 0.409. The molecule has 1 saturated heterocycles. The van der Waals surface area contributed by atoms with Gasteiger partial charge in [-0.3, -0.25) is 4.79 Å². The Hall–Kier alpha value is -1.98. The number of hydrogen-bond donors (Lipinski definition) is 0. The summed E-state index contributed by atoms with van der Waals surface area (Å²) < 4.78 is 28.4. The molecule has 1 spiro atoms. The van der Waals surface area contributed by atoms with Gasteiger partial charge < -0.3 is 0 Å². The van der Waals surface area contributed by atoms with Gasteiger partial charge in [0.15, 0.2) is 5.78 Å². The molecule has 27 heavy (non-hydrogen) atoms. The van der Waals surface area contributed by atoms with Crippen LogP contribution in [0, 0.1) is 6.92 Å². The minimum Gasteiger partial charge on any atom is -0.298 e. The Morgan fingerprint density at radius 1 is 1.04 bits per heavy atom. The van der Waals surface area contributed by atoms with Crippen molar-refractivity contribution in [2.75, 3.05) is 6.54 Å². The maximum absolute atomic E-state index is 13.4. The van der Waals surface area contributed by atoms with Crippen molar-refractivity contribution in [1.29, 1.82) is 0 Å². The van der Waals surface area contributed by atoms with Crippen LogP contribution in [0.15, 0.2) is 59.5 Å². The van der Waals surface area contributed by atoms with Gasteiger partial charge >= 0.3 is 0 Å². The zero-order valence-corrected chi connectivity index (χ0v) is 16.4. The molecular formula is C22H25NO3S. The summed E-state index contributed by atoms with van der Waals surface area (Å²) in [5, 5.41) is 0. The van der Waals surface area contributed by atoms with E-state index < -0.39 is 15.6 Å². The van der Waals surface area contributed by atoms with Gasteiger partial charge in [-0.1, -0.05) is 48.0 Å². The number of carbonyl (C=O) groups excluding carboxylic acids is 1. The zero-order chi connectivity index (χ0) is 19.1. The number of ketones is 1. The summed E-state index contributed by atoms with van der Waals surface area (Å²) in [6.45, 7) is 2.32. The van der Waals surface area contributed by atoms with Gasteiger partial charge in [0, 0.05) is 13.0 Å². The van der Waals surface area contributed by atoms with E-state index in [9.17, 15) is 13.2 Å². The van der Waals surface area contributed by atoms with Crippen LogP contribution in [0.3, 0.4) is 0 Å². The van der Waals surface area contributed by atoms with Gasteiger partial charge in [0.25, 0.3) is 0 Å². The van der Waals surface area contributed by atoms with E-state index in [0.717, 1.165) is 18.4 Å². The molecule has 0 aromatic heterocycles. The van der Waals surface area contributed by atoms with Crippen LogP contribution >= 0.6 is 0 Å². The Kier molecular flexibility index (Phi) is 4.68. The second-order valence-corrected chi connectivity index (χ2v) is 9.66. The van der Waals surface area contributed by atoms with Crippen LogP contribution in [-0.2, 0) is 14.8 Å². The lowest BCUT2D eigenvalue weighted by molar-refractivity contribution is -0.127. The Morgan fingerprint density at radius 3 is 2.37 bits per heavy atom. The van der Waals surface area contributed by atoms with Crippen molar-refractivity contribution in [3.63, 3.8) is 0 Å². The number of benzene rings is 2. The van der Waals surface area contributed by atoms with E-state index in [0.29, 0.717) is 25.8 Å². The van der Waals surface area contributed by atoms with E-state index in [1.54, 1.807) is 12.1 Å². The first-order valence-electron chi connectivity index (χ1n) is 9.61. The van der Waals surface area contributed by atoms with Crippen molar-refractivity contribution < 1.29 is 13.2 Å². The van der Waals surface area contributed by atoms with Gasteiger partial charge in [0.05, 0.1) is 10.4 Å². The van der Waals surface area contributed by atoms with Crippen LogP contribution in [0.4, 0.5) is 0 Å². The molecule has 1 saturated carbocycles. The molecule has 2 aromatic rings. The first-order valence-corrected chi connectivity index (χ1v) is 11.1. The lowest BCUT2D eigenvalue weighted by Crippen LogP contribution is -2.58. The molecule has 0 radical (unpaired) electrons. The average Bonchev–Trinajstić information content (AvgIpc) is 3.02. The molecule has 2 aromatic carbocycles. The monoisotopic (exact) mass is 383 g/mol. The molecule has 1 aliphatic heterocycles. The normalized spacial score (nSPS) is 26.6. The average molecular weight is 384 g/mol. The Bertz CT molecular complexity index is 937. The summed E-state index contributed by atoms with van der Waals surface area (Å²) >= 11 is 0. The molecule has 2 aliphatic rings. The Labute approximate surface area is 161 Å². The molecule has 142 valence electrons. The number of carbonyl (C=O) groups is 1. The van der Waals surface area contributed by atoms with E-state index in [1.165, 1.54) is 9.87 Å². The lowest BCUT2D eigenvalue weighted by Gasteiger charge is -2.45. The number of rotatable bonds is 3. The van der Waals surface area contributed by atoms with Crippen molar-refractivity contribution in [3.8, 4) is 0 Å². The van der Waals surface area contributed by atoms with Crippen molar-refractivity contribution in [1.82, 2.24) is 4.31 Å². The molecule has 4 nitrogen and oxygen atoms in total. The maximum Gasteiger partial charge on any atom is 0.243 e. The molecule has 0 unspecified atom stereocenters. The quantitative estimate of drug-likeness (QED) is 0.803. The first kappa shape index (κ1) is 18.4. The van der Waals surface area contributed by atoms with E-state index in [2.05, 4.69) is 12.1 Å². The summed E-state index contributed by atoms with van der Waals surface area (Å²) in [4.78, 5) is 13.2. The standard InChI is InChI=1S/C22H25NO3S/c1-17-9-11-20(12-10-17)27(25,26)23-15-13-19(18-6-3-2-4-7-18)16-22(23)14-5-8-21(22)24/h2-4,6-7,9-12,19H,5,8,13-16H2,1H3/t19-,22-/m0/s1. The molecule has 0 amide bonds. The summed E-state index contributed by atoms with van der Waals surface area (Å²) in [5.41, 5.74) is 1.33. The molecular weight excluding hydrogens is 358 g/mol. The number of hydrogen-bond acceptors (Lipinski definition) is 3. The van der Waals surface area contributed by atoms with Gasteiger partial charge in [0.1, 0.15) is 0 Å². The molecule has 0 N–H and O–H groups in total. The highest BCUT2D eigenvalue weighted by molar-refractivity contribution is 7.89. The number of nitrogens with zero attached hydrogens (tertiary/aromatic N) is 1. The third-order valence-corrected chi connectivity index (χ3v) is 8.12. The van der Waals surface area contributed by atoms with Gasteiger partial charge in [0.2, 0.25) is 10.0 Å². The number of sulfonamides is 1. The molecule has 2 fully saturated rings. The highest BCUT2D eigenvalue weighted by Crippen LogP contribution is 2.47. The first-order chi connectivity index (χ1) is 12.9. The van der Waals surface area contributed by atoms with Crippen molar-refractivity contribution >= 4 is 15.8 Å². The molecule has 1 aliphatic carbocycles. The molecule has 5 heteroatoms. The molecule has 2 atom stereocenters. The predicted octanol–water partition coefficient (Wildman–Crippen LogP) is 4.06. The fourth-order valence-electron chi connectivity index (χ4n) is 4.69. The van der Waals surface area contributed by atoms with Gasteiger partial charge in [-0.2, -0.15) is 4.31 Å². The third kappa shape index (κ3) is 3.13. The Morgan fingerprint density at radius 2 is 1.74 bits per heavy atom. The summed E-state index contributed by atoms with van der Waals surface area (Å²) in [6.07, 6.45) is 3.19. The van der Waals surface area contributed by atoms with Crippen LogP contribution in [0.5, 0.6) is 0 Å². The molecule has 4 rings (SSSR count). The second-order valence-electron chi connectivity index (χ2n) is 7.80. The van der Waals surface area contributed by atoms with Crippen LogP contribution in [0.2, 0.25) is 0 Å². The van der Waals surface area contributed by atoms with Gasteiger partial charge in [-0.05, 0) is 56.2 Å². The van der Waals surface area contributed by atoms with Crippen molar-refractivity contribution in [2.24, 2.45) is 0 Å². The highest BCUT2D eigenvalue weighted by Gasteiger charge is 2.54. The number of aryl methyl sites for hydroxylation is 1. The topological polar surface area (TPSA) is 54.5 Å². The minimum atomic E-state index is -3.70. The van der Waals surface area contributed by atoms with Gasteiger partial charge in [-0.25, -0.2) is 8.42 Å². The Balaban J connectivity index is 1.73. The predicted molar refractivity (Wildman–Crippen MR) is 105 cm³/mol. The van der Waals surface area contributed by atoms with E-state index in [1.807, 2.05) is 37.3 Å². The SMILES string of the molecule is Cc1ccc(S(=O)(=O)N2CC[C@H](c3ccccc3)C[C@]23CCCC3=O)cc1. The molecule has 1 heterocycles. The van der Waals surface area contributed by atoms with E-state index in [4.69, 9.17) is 0 Å². The minimum absolute atomic E-state index is 0.0822. The maximum atomic E-state index is 13.4. The van der Waals surface area contributed by atoms with Crippen molar-refractivity contribution in [2.45, 2.75) is 55.4 Å². The van der Waals surface area contributed by atoms with Crippen molar-refractivity contribution in [3.05, 3.63) is 65.7 Å². The lowest BCUT2D eigenvalue weighted by atomic mass is 9.77.